The van der Waals surface area contributed by atoms with Gasteiger partial charge in [0.05, 0.1) is 26.2 Å². The van der Waals surface area contributed by atoms with Gasteiger partial charge >= 0.3 is 5.97 Å². The predicted octanol–water partition coefficient (Wildman–Crippen LogP) is 3.74. The van der Waals surface area contributed by atoms with Gasteiger partial charge in [0.15, 0.2) is 6.10 Å². The SMILES string of the molecule is CNS(=O)(=O)c1ccc(Cl)c(C(=O)OC(C)C(=O)Nc2cc(Cl)ccc2Cl)c1. The maximum absolute atomic E-state index is 12.4. The van der Waals surface area contributed by atoms with E-state index in [2.05, 4.69) is 10.0 Å². The summed E-state index contributed by atoms with van der Waals surface area (Å²) >= 11 is 17.8. The molecule has 0 aliphatic carbocycles. The van der Waals surface area contributed by atoms with E-state index in [1.165, 1.54) is 38.2 Å². The molecule has 1 unspecified atom stereocenters. The van der Waals surface area contributed by atoms with E-state index in [0.717, 1.165) is 6.07 Å². The first-order chi connectivity index (χ1) is 13.0. The van der Waals surface area contributed by atoms with Crippen LogP contribution in [0.5, 0.6) is 0 Å². The number of rotatable bonds is 6. The van der Waals surface area contributed by atoms with Crippen LogP contribution in [0.2, 0.25) is 15.1 Å². The number of amides is 1. The molecule has 2 aromatic rings. The summed E-state index contributed by atoms with van der Waals surface area (Å²) < 4.78 is 31.0. The Bertz CT molecular complexity index is 1030. The van der Waals surface area contributed by atoms with Crippen molar-refractivity contribution < 1.29 is 22.7 Å². The summed E-state index contributed by atoms with van der Waals surface area (Å²) in [6.07, 6.45) is -1.22. The lowest BCUT2D eigenvalue weighted by molar-refractivity contribution is -0.123. The minimum absolute atomic E-state index is 0.0226. The summed E-state index contributed by atoms with van der Waals surface area (Å²) in [7, 11) is -2.56. The van der Waals surface area contributed by atoms with E-state index in [0.29, 0.717) is 5.02 Å². The zero-order valence-electron chi connectivity index (χ0n) is 14.6. The molecule has 28 heavy (non-hydrogen) atoms. The Kier molecular flexibility index (Phi) is 7.30. The van der Waals surface area contributed by atoms with Gasteiger partial charge in [0.2, 0.25) is 10.0 Å². The van der Waals surface area contributed by atoms with Crippen LogP contribution >= 0.6 is 34.8 Å². The van der Waals surface area contributed by atoms with E-state index in [4.69, 9.17) is 39.5 Å². The van der Waals surface area contributed by atoms with E-state index < -0.39 is 28.0 Å². The maximum atomic E-state index is 12.4. The van der Waals surface area contributed by atoms with Gasteiger partial charge in [-0.05, 0) is 50.4 Å². The quantitative estimate of drug-likeness (QED) is 0.633. The van der Waals surface area contributed by atoms with Gasteiger partial charge in [0.25, 0.3) is 5.91 Å². The molecular weight excluding hydrogens is 451 g/mol. The molecule has 0 saturated carbocycles. The molecular formula is C17H15Cl3N2O5S. The summed E-state index contributed by atoms with van der Waals surface area (Å²) in [4.78, 5) is 24.5. The van der Waals surface area contributed by atoms with Crippen LogP contribution in [-0.4, -0.2) is 33.4 Å². The van der Waals surface area contributed by atoms with Gasteiger partial charge in [-0.3, -0.25) is 4.79 Å². The molecule has 150 valence electrons. The molecule has 7 nitrogen and oxygen atoms in total. The van der Waals surface area contributed by atoms with Gasteiger partial charge in [0, 0.05) is 5.02 Å². The number of hydrogen-bond donors (Lipinski definition) is 2. The lowest BCUT2D eigenvalue weighted by Crippen LogP contribution is -2.30. The number of nitrogens with one attached hydrogen (secondary N) is 2. The lowest BCUT2D eigenvalue weighted by Gasteiger charge is -2.15. The number of esters is 1. The molecule has 2 aromatic carbocycles. The smallest absolute Gasteiger partial charge is 0.340 e. The third-order valence-corrected chi connectivity index (χ3v) is 5.88. The number of halogens is 3. The van der Waals surface area contributed by atoms with Crippen molar-refractivity contribution in [2.45, 2.75) is 17.9 Å². The summed E-state index contributed by atoms with van der Waals surface area (Å²) in [5.41, 5.74) is 0.0561. The molecule has 0 aromatic heterocycles. The molecule has 0 aliphatic heterocycles. The molecule has 2 N–H and O–H groups in total. The highest BCUT2D eigenvalue weighted by Gasteiger charge is 2.23. The number of benzene rings is 2. The zero-order chi connectivity index (χ0) is 21.1. The Morgan fingerprint density at radius 3 is 2.32 bits per heavy atom. The topological polar surface area (TPSA) is 102 Å². The van der Waals surface area contributed by atoms with Crippen LogP contribution in [0.4, 0.5) is 5.69 Å². The van der Waals surface area contributed by atoms with Crippen molar-refractivity contribution in [2.24, 2.45) is 0 Å². The summed E-state index contributed by atoms with van der Waals surface area (Å²) in [5, 5.41) is 3.09. The monoisotopic (exact) mass is 464 g/mol. The van der Waals surface area contributed by atoms with E-state index in [-0.39, 0.29) is 26.2 Å². The fourth-order valence-corrected chi connectivity index (χ4v) is 3.34. The molecule has 0 radical (unpaired) electrons. The standard InChI is InChI=1S/C17H15Cl3N2O5S/c1-9(16(23)22-15-7-10(18)3-5-14(15)20)27-17(24)12-8-11(4-6-13(12)19)28(25,26)21-2/h3-9,21H,1-2H3,(H,22,23). The second-order valence-electron chi connectivity index (χ2n) is 5.51. The Balaban J connectivity index is 2.17. The average molecular weight is 466 g/mol. The van der Waals surface area contributed by atoms with Crippen LogP contribution in [0, 0.1) is 0 Å². The Morgan fingerprint density at radius 2 is 1.68 bits per heavy atom. The highest BCUT2D eigenvalue weighted by molar-refractivity contribution is 7.89. The third-order valence-electron chi connectivity index (χ3n) is 3.58. The van der Waals surface area contributed by atoms with Crippen LogP contribution in [-0.2, 0) is 19.6 Å². The number of ether oxygens (including phenoxy) is 1. The van der Waals surface area contributed by atoms with Crippen molar-refractivity contribution in [3.05, 3.63) is 57.0 Å². The fourth-order valence-electron chi connectivity index (χ4n) is 2.05. The van der Waals surface area contributed by atoms with Crippen LogP contribution in [0.25, 0.3) is 0 Å². The number of sulfonamides is 1. The first-order valence-corrected chi connectivity index (χ1v) is 10.4. The molecule has 0 spiro atoms. The minimum atomic E-state index is -3.79. The molecule has 0 heterocycles. The number of anilines is 1. The van der Waals surface area contributed by atoms with E-state index in [1.54, 1.807) is 6.07 Å². The number of hydrogen-bond acceptors (Lipinski definition) is 5. The largest absolute Gasteiger partial charge is 0.449 e. The summed E-state index contributed by atoms with van der Waals surface area (Å²) in [6, 6.07) is 8.05. The summed E-state index contributed by atoms with van der Waals surface area (Å²) in [5.74, 6) is -1.62. The van der Waals surface area contributed by atoms with Crippen molar-refractivity contribution in [3.63, 3.8) is 0 Å². The van der Waals surface area contributed by atoms with E-state index in [1.807, 2.05) is 0 Å². The second-order valence-corrected chi connectivity index (χ2v) is 8.65. The van der Waals surface area contributed by atoms with Crippen molar-refractivity contribution in [1.29, 1.82) is 0 Å². The Hall–Kier alpha value is -1.84. The average Bonchev–Trinajstić information content (AvgIpc) is 2.64. The first-order valence-electron chi connectivity index (χ1n) is 7.75. The summed E-state index contributed by atoms with van der Waals surface area (Å²) in [6.45, 7) is 1.34. The lowest BCUT2D eigenvalue weighted by atomic mass is 10.2. The normalized spacial score (nSPS) is 12.3. The second kappa shape index (κ2) is 9.11. The van der Waals surface area contributed by atoms with Crippen LogP contribution in [0.1, 0.15) is 17.3 Å². The van der Waals surface area contributed by atoms with Gasteiger partial charge in [-0.15, -0.1) is 0 Å². The highest BCUT2D eigenvalue weighted by Crippen LogP contribution is 2.26. The number of carbonyl (C=O) groups excluding carboxylic acids is 2. The Morgan fingerprint density at radius 1 is 1.04 bits per heavy atom. The predicted molar refractivity (Wildman–Crippen MR) is 108 cm³/mol. The van der Waals surface area contributed by atoms with Crippen molar-refractivity contribution in [2.75, 3.05) is 12.4 Å². The van der Waals surface area contributed by atoms with Gasteiger partial charge in [-0.1, -0.05) is 34.8 Å². The van der Waals surface area contributed by atoms with Crippen LogP contribution in [0.15, 0.2) is 41.3 Å². The van der Waals surface area contributed by atoms with Gasteiger partial charge in [-0.2, -0.15) is 0 Å². The van der Waals surface area contributed by atoms with Crippen LogP contribution < -0.4 is 10.0 Å². The van der Waals surface area contributed by atoms with Gasteiger partial charge in [-0.25, -0.2) is 17.9 Å². The van der Waals surface area contributed by atoms with E-state index >= 15 is 0 Å². The third kappa shape index (κ3) is 5.36. The zero-order valence-corrected chi connectivity index (χ0v) is 17.7. The molecule has 0 saturated heterocycles. The molecule has 11 heteroatoms. The number of carbonyl (C=O) groups is 2. The molecule has 0 aliphatic rings. The van der Waals surface area contributed by atoms with Gasteiger partial charge in [0.1, 0.15) is 0 Å². The molecule has 1 atom stereocenters. The molecule has 0 bridgehead atoms. The molecule has 0 fully saturated rings. The molecule has 2 rings (SSSR count). The maximum Gasteiger partial charge on any atom is 0.340 e. The first kappa shape index (κ1) is 22.4. The van der Waals surface area contributed by atoms with Gasteiger partial charge < -0.3 is 10.1 Å². The Labute approximate surface area is 177 Å². The van der Waals surface area contributed by atoms with Crippen molar-refractivity contribution in [3.8, 4) is 0 Å². The van der Waals surface area contributed by atoms with E-state index in [9.17, 15) is 18.0 Å². The van der Waals surface area contributed by atoms with Crippen molar-refractivity contribution in [1.82, 2.24) is 4.72 Å². The minimum Gasteiger partial charge on any atom is -0.449 e. The highest BCUT2D eigenvalue weighted by atomic mass is 35.5. The van der Waals surface area contributed by atoms with Crippen molar-refractivity contribution >= 4 is 62.4 Å². The fraction of sp³-hybridized carbons (Fsp3) is 0.176. The van der Waals surface area contributed by atoms with Crippen LogP contribution in [0.3, 0.4) is 0 Å². The molecule has 1 amide bonds.